The van der Waals surface area contributed by atoms with E-state index in [1.807, 2.05) is 43.3 Å². The van der Waals surface area contributed by atoms with Crippen LogP contribution < -0.4 is 9.64 Å². The van der Waals surface area contributed by atoms with Crippen LogP contribution in [0.15, 0.2) is 66.9 Å². The van der Waals surface area contributed by atoms with E-state index in [1.54, 1.807) is 34.6 Å². The van der Waals surface area contributed by atoms with Gasteiger partial charge in [0.2, 0.25) is 0 Å². The maximum atomic E-state index is 12.7. The molecule has 0 saturated carbocycles. The zero-order chi connectivity index (χ0) is 22.9. The molecule has 164 valence electrons. The number of fused-ring (bicyclic) bond motifs is 1. The number of carbonyl (C=O) groups is 1. The van der Waals surface area contributed by atoms with Gasteiger partial charge in [-0.15, -0.1) is 11.3 Å². The highest BCUT2D eigenvalue weighted by Crippen LogP contribution is 2.39. The standard InChI is InChI=1S/C24H18N4O4S/c1-15-23(26-24(33-15)19-4-2-3-11-25-19)17-7-10-21-20(12-17)27(22(29)14-32-21)13-16-5-8-18(9-6-16)28(30)31/h2-12H,13-14H2,1H3. The van der Waals surface area contributed by atoms with Gasteiger partial charge in [0.1, 0.15) is 10.8 Å². The summed E-state index contributed by atoms with van der Waals surface area (Å²) in [4.78, 5) is 35.1. The predicted octanol–water partition coefficient (Wildman–Crippen LogP) is 5.01. The number of nitro groups is 1. The fraction of sp³-hybridized carbons (Fsp3) is 0.125. The Bertz CT molecular complexity index is 1350. The summed E-state index contributed by atoms with van der Waals surface area (Å²) in [6, 6.07) is 17.6. The van der Waals surface area contributed by atoms with E-state index in [9.17, 15) is 14.9 Å². The van der Waals surface area contributed by atoms with Crippen LogP contribution in [-0.4, -0.2) is 27.4 Å². The lowest BCUT2D eigenvalue weighted by atomic mass is 10.1. The number of aromatic nitrogens is 2. The number of thiazole rings is 1. The van der Waals surface area contributed by atoms with Crippen LogP contribution in [0.2, 0.25) is 0 Å². The van der Waals surface area contributed by atoms with Crippen molar-refractivity contribution in [2.45, 2.75) is 13.5 Å². The average molecular weight is 458 g/mol. The second kappa shape index (κ2) is 8.44. The summed E-state index contributed by atoms with van der Waals surface area (Å²) in [6.07, 6.45) is 1.74. The number of hydrogen-bond donors (Lipinski definition) is 0. The molecule has 0 fully saturated rings. The summed E-state index contributed by atoms with van der Waals surface area (Å²) < 4.78 is 5.64. The first-order valence-electron chi connectivity index (χ1n) is 10.2. The molecular formula is C24H18N4O4S. The molecule has 2 aromatic heterocycles. The molecule has 0 spiro atoms. The number of amides is 1. The number of ether oxygens (including phenoxy) is 1. The van der Waals surface area contributed by atoms with E-state index >= 15 is 0 Å². The first-order chi connectivity index (χ1) is 16.0. The summed E-state index contributed by atoms with van der Waals surface area (Å²) in [6.45, 7) is 2.24. The highest BCUT2D eigenvalue weighted by molar-refractivity contribution is 7.15. The smallest absolute Gasteiger partial charge is 0.269 e. The molecule has 0 aliphatic carbocycles. The zero-order valence-electron chi connectivity index (χ0n) is 17.6. The molecule has 5 rings (SSSR count). The normalized spacial score (nSPS) is 12.9. The second-order valence-corrected chi connectivity index (χ2v) is 8.72. The Morgan fingerprint density at radius 2 is 1.97 bits per heavy atom. The van der Waals surface area contributed by atoms with E-state index < -0.39 is 4.92 Å². The Balaban J connectivity index is 1.49. The van der Waals surface area contributed by atoms with Gasteiger partial charge in [-0.25, -0.2) is 4.98 Å². The highest BCUT2D eigenvalue weighted by atomic mass is 32.1. The van der Waals surface area contributed by atoms with E-state index in [0.29, 0.717) is 11.4 Å². The van der Waals surface area contributed by atoms with Crippen LogP contribution in [0.25, 0.3) is 22.0 Å². The van der Waals surface area contributed by atoms with Crippen molar-refractivity contribution in [3.8, 4) is 27.7 Å². The molecule has 0 N–H and O–H groups in total. The maximum Gasteiger partial charge on any atom is 0.269 e. The SMILES string of the molecule is Cc1sc(-c2ccccn2)nc1-c1ccc2c(c1)N(Cc1ccc([N+](=O)[O-])cc1)C(=O)CO2. The molecule has 3 heterocycles. The molecule has 0 radical (unpaired) electrons. The number of benzene rings is 2. The molecule has 0 unspecified atom stereocenters. The zero-order valence-corrected chi connectivity index (χ0v) is 18.4. The van der Waals surface area contributed by atoms with Gasteiger partial charge in [0, 0.05) is 28.8 Å². The van der Waals surface area contributed by atoms with Gasteiger partial charge in [0.25, 0.3) is 11.6 Å². The van der Waals surface area contributed by atoms with Gasteiger partial charge in [0.05, 0.1) is 28.5 Å². The molecule has 33 heavy (non-hydrogen) atoms. The van der Waals surface area contributed by atoms with Crippen LogP contribution >= 0.6 is 11.3 Å². The maximum absolute atomic E-state index is 12.7. The Kier molecular flexibility index (Phi) is 5.31. The number of nitrogens with zero attached hydrogens (tertiary/aromatic N) is 4. The van der Waals surface area contributed by atoms with Crippen molar-refractivity contribution >= 4 is 28.6 Å². The molecule has 1 aliphatic rings. The molecule has 0 bridgehead atoms. The van der Waals surface area contributed by atoms with Crippen molar-refractivity contribution in [2.24, 2.45) is 0 Å². The first-order valence-corrected chi connectivity index (χ1v) is 11.0. The van der Waals surface area contributed by atoms with Crippen molar-refractivity contribution in [1.29, 1.82) is 0 Å². The number of non-ortho nitro benzene ring substituents is 1. The molecule has 8 nitrogen and oxygen atoms in total. The van der Waals surface area contributed by atoms with Gasteiger partial charge in [-0.3, -0.25) is 19.9 Å². The average Bonchev–Trinajstić information content (AvgIpc) is 3.23. The minimum absolute atomic E-state index is 0.0115. The topological polar surface area (TPSA) is 98.5 Å². The molecule has 9 heteroatoms. The first kappa shape index (κ1) is 20.8. The van der Waals surface area contributed by atoms with Crippen LogP contribution in [0.4, 0.5) is 11.4 Å². The van der Waals surface area contributed by atoms with Crippen molar-refractivity contribution in [2.75, 3.05) is 11.5 Å². The summed E-state index contributed by atoms with van der Waals surface area (Å²) in [5, 5.41) is 11.8. The fourth-order valence-electron chi connectivity index (χ4n) is 3.69. The van der Waals surface area contributed by atoms with Crippen LogP contribution in [0, 0.1) is 17.0 Å². The Morgan fingerprint density at radius 1 is 1.15 bits per heavy atom. The molecule has 1 aliphatic heterocycles. The van der Waals surface area contributed by atoms with Crippen LogP contribution in [0.1, 0.15) is 10.4 Å². The molecule has 2 aromatic carbocycles. The van der Waals surface area contributed by atoms with E-state index in [1.165, 1.54) is 12.1 Å². The summed E-state index contributed by atoms with van der Waals surface area (Å²) in [7, 11) is 0. The lowest BCUT2D eigenvalue weighted by Crippen LogP contribution is -2.38. The fourth-order valence-corrected chi connectivity index (χ4v) is 4.60. The van der Waals surface area contributed by atoms with E-state index in [4.69, 9.17) is 9.72 Å². The number of rotatable bonds is 5. The third-order valence-electron chi connectivity index (χ3n) is 5.34. The monoisotopic (exact) mass is 458 g/mol. The minimum atomic E-state index is -0.444. The number of pyridine rings is 1. The third-order valence-corrected chi connectivity index (χ3v) is 6.34. The summed E-state index contributed by atoms with van der Waals surface area (Å²) >= 11 is 1.57. The summed E-state index contributed by atoms with van der Waals surface area (Å²) in [5.41, 5.74) is 3.96. The van der Waals surface area contributed by atoms with Gasteiger partial charge in [-0.2, -0.15) is 0 Å². The molecule has 0 saturated heterocycles. The van der Waals surface area contributed by atoms with Crippen molar-refractivity contribution in [3.63, 3.8) is 0 Å². The van der Waals surface area contributed by atoms with Gasteiger partial charge >= 0.3 is 0 Å². The van der Waals surface area contributed by atoms with Gasteiger partial charge in [-0.05, 0) is 42.8 Å². The molecule has 1 amide bonds. The van der Waals surface area contributed by atoms with Gasteiger partial charge in [-0.1, -0.05) is 18.2 Å². The van der Waals surface area contributed by atoms with E-state index in [0.717, 1.165) is 32.4 Å². The van der Waals surface area contributed by atoms with Gasteiger partial charge < -0.3 is 9.64 Å². The Hall–Kier alpha value is -4.11. The summed E-state index contributed by atoms with van der Waals surface area (Å²) in [5.74, 6) is 0.431. The number of carbonyl (C=O) groups excluding carboxylic acids is 1. The van der Waals surface area contributed by atoms with Crippen LogP contribution in [-0.2, 0) is 11.3 Å². The lowest BCUT2D eigenvalue weighted by Gasteiger charge is -2.30. The number of anilines is 1. The molecule has 0 atom stereocenters. The quantitative estimate of drug-likeness (QED) is 0.308. The number of hydrogen-bond acceptors (Lipinski definition) is 7. The third kappa shape index (κ3) is 4.06. The second-order valence-electron chi connectivity index (χ2n) is 7.51. The van der Waals surface area contributed by atoms with Crippen LogP contribution in [0.5, 0.6) is 5.75 Å². The van der Waals surface area contributed by atoms with E-state index in [-0.39, 0.29) is 24.7 Å². The Morgan fingerprint density at radius 3 is 2.70 bits per heavy atom. The predicted molar refractivity (Wildman–Crippen MR) is 125 cm³/mol. The largest absolute Gasteiger partial charge is 0.482 e. The lowest BCUT2D eigenvalue weighted by molar-refractivity contribution is -0.384. The number of aryl methyl sites for hydroxylation is 1. The van der Waals surface area contributed by atoms with Gasteiger partial charge in [0.15, 0.2) is 6.61 Å². The van der Waals surface area contributed by atoms with E-state index in [2.05, 4.69) is 4.98 Å². The number of nitro benzene ring substituents is 1. The highest BCUT2D eigenvalue weighted by Gasteiger charge is 2.27. The van der Waals surface area contributed by atoms with Crippen molar-refractivity contribution in [1.82, 2.24) is 9.97 Å². The molecular weight excluding hydrogens is 440 g/mol. The minimum Gasteiger partial charge on any atom is -0.482 e. The van der Waals surface area contributed by atoms with Crippen molar-refractivity contribution < 1.29 is 14.5 Å². The molecule has 4 aromatic rings. The van der Waals surface area contributed by atoms with Crippen LogP contribution in [0.3, 0.4) is 0 Å². The Labute approximate surface area is 193 Å². The van der Waals surface area contributed by atoms with Crippen molar-refractivity contribution in [3.05, 3.63) is 87.4 Å².